The van der Waals surface area contributed by atoms with Gasteiger partial charge in [0.15, 0.2) is 11.0 Å². The van der Waals surface area contributed by atoms with E-state index in [0.717, 1.165) is 23.0 Å². The van der Waals surface area contributed by atoms with Crippen LogP contribution >= 0.6 is 0 Å². The Labute approximate surface area is 126 Å². The van der Waals surface area contributed by atoms with Crippen molar-refractivity contribution in [3.05, 3.63) is 65.5 Å². The molecule has 2 nitrogen and oxygen atoms in total. The van der Waals surface area contributed by atoms with Crippen LogP contribution in [-0.2, 0) is 19.8 Å². The third-order valence-corrected chi connectivity index (χ3v) is 4.01. The van der Waals surface area contributed by atoms with E-state index >= 15 is 0 Å². The normalized spacial score (nSPS) is 12.0. The molecule has 0 fully saturated rings. The quantitative estimate of drug-likeness (QED) is 0.636. The lowest BCUT2D eigenvalue weighted by molar-refractivity contribution is -0.652. The number of nitrogens with zero attached hydrogens (tertiary/aromatic N) is 2. The van der Waals surface area contributed by atoms with Gasteiger partial charge >= 0.3 is 6.18 Å². The van der Waals surface area contributed by atoms with E-state index in [1.54, 1.807) is 0 Å². The Morgan fingerprint density at radius 3 is 2.36 bits per heavy atom. The van der Waals surface area contributed by atoms with Crippen molar-refractivity contribution in [3.63, 3.8) is 0 Å². The molecule has 22 heavy (non-hydrogen) atoms. The van der Waals surface area contributed by atoms with Gasteiger partial charge < -0.3 is 0 Å². The lowest BCUT2D eigenvalue weighted by Crippen LogP contribution is -2.31. The second-order valence-electron chi connectivity index (χ2n) is 5.38. The van der Waals surface area contributed by atoms with Crippen LogP contribution in [0.2, 0.25) is 0 Å². The molecule has 0 saturated heterocycles. The van der Waals surface area contributed by atoms with Crippen LogP contribution in [0.25, 0.3) is 11.0 Å². The number of fused-ring (bicyclic) bond motifs is 1. The molecule has 0 aliphatic rings. The first kappa shape index (κ1) is 14.6. The smallest absolute Gasteiger partial charge is 0.230 e. The van der Waals surface area contributed by atoms with E-state index < -0.39 is 11.7 Å². The predicted octanol–water partition coefficient (Wildman–Crippen LogP) is 3.84. The van der Waals surface area contributed by atoms with Gasteiger partial charge in [0.05, 0.1) is 12.6 Å². The SMILES string of the molecule is Cc1n(Cc2ccccc2)c2cc(C(F)(F)F)ccc2[n+]1C. The predicted molar refractivity (Wildman–Crippen MR) is 78.4 cm³/mol. The largest absolute Gasteiger partial charge is 0.416 e. The molecule has 1 aromatic heterocycles. The molecule has 114 valence electrons. The Hall–Kier alpha value is -2.30. The summed E-state index contributed by atoms with van der Waals surface area (Å²) in [6.45, 7) is 2.46. The summed E-state index contributed by atoms with van der Waals surface area (Å²) in [5.41, 5.74) is 1.83. The first-order chi connectivity index (χ1) is 10.4. The number of rotatable bonds is 2. The number of aryl methyl sites for hydroxylation is 1. The molecule has 5 heteroatoms. The van der Waals surface area contributed by atoms with Gasteiger partial charge in [-0.25, -0.2) is 9.13 Å². The molecule has 0 amide bonds. The van der Waals surface area contributed by atoms with Gasteiger partial charge in [0.1, 0.15) is 6.54 Å². The fraction of sp³-hybridized carbons (Fsp3) is 0.235. The molecule has 0 bridgehead atoms. The summed E-state index contributed by atoms with van der Waals surface area (Å²) in [5.74, 6) is 0.915. The minimum Gasteiger partial charge on any atom is -0.230 e. The maximum Gasteiger partial charge on any atom is 0.416 e. The summed E-state index contributed by atoms with van der Waals surface area (Å²) in [6, 6.07) is 13.6. The van der Waals surface area contributed by atoms with Crippen LogP contribution in [0.1, 0.15) is 17.0 Å². The van der Waals surface area contributed by atoms with Gasteiger partial charge in [-0.2, -0.15) is 13.2 Å². The fourth-order valence-electron chi connectivity index (χ4n) is 2.69. The molecule has 3 aromatic rings. The first-order valence-electron chi connectivity index (χ1n) is 6.98. The molecule has 0 aliphatic heterocycles. The highest BCUT2D eigenvalue weighted by molar-refractivity contribution is 5.73. The van der Waals surface area contributed by atoms with Crippen molar-refractivity contribution in [1.82, 2.24) is 4.57 Å². The number of hydrogen-bond donors (Lipinski definition) is 0. The monoisotopic (exact) mass is 305 g/mol. The van der Waals surface area contributed by atoms with Crippen molar-refractivity contribution < 1.29 is 17.7 Å². The zero-order valence-corrected chi connectivity index (χ0v) is 12.4. The topological polar surface area (TPSA) is 8.81 Å². The average Bonchev–Trinajstić information content (AvgIpc) is 2.72. The fourth-order valence-corrected chi connectivity index (χ4v) is 2.69. The molecule has 3 rings (SSSR count). The Bertz CT molecular complexity index is 817. The number of alkyl halides is 3. The summed E-state index contributed by atoms with van der Waals surface area (Å²) in [7, 11) is 1.87. The van der Waals surface area contributed by atoms with E-state index in [9.17, 15) is 13.2 Å². The van der Waals surface area contributed by atoms with Crippen LogP contribution in [0.3, 0.4) is 0 Å². The number of hydrogen-bond acceptors (Lipinski definition) is 0. The van der Waals surface area contributed by atoms with Crippen LogP contribution in [-0.4, -0.2) is 4.57 Å². The zero-order chi connectivity index (χ0) is 15.9. The molecule has 0 atom stereocenters. The highest BCUT2D eigenvalue weighted by Gasteiger charge is 2.32. The van der Waals surface area contributed by atoms with Gasteiger partial charge in [-0.1, -0.05) is 30.3 Å². The standard InChI is InChI=1S/C17H16F3N2/c1-12-21(2)15-9-8-14(17(18,19)20)10-16(15)22(12)11-13-6-4-3-5-7-13/h3-10H,11H2,1-2H3/q+1. The first-order valence-corrected chi connectivity index (χ1v) is 6.98. The highest BCUT2D eigenvalue weighted by atomic mass is 19.4. The molecule has 1 heterocycles. The molecule has 0 aliphatic carbocycles. The summed E-state index contributed by atoms with van der Waals surface area (Å²) in [4.78, 5) is 0. The summed E-state index contributed by atoms with van der Waals surface area (Å²) < 4.78 is 42.7. The van der Waals surface area contributed by atoms with Crippen LogP contribution < -0.4 is 4.57 Å². The van der Waals surface area contributed by atoms with Gasteiger partial charge in [0.25, 0.3) is 5.82 Å². The summed E-state index contributed by atoms with van der Waals surface area (Å²) >= 11 is 0. The molecule has 0 N–H and O–H groups in total. The van der Waals surface area contributed by atoms with Crippen molar-refractivity contribution in [2.24, 2.45) is 7.05 Å². The molecule has 0 radical (unpaired) electrons. The van der Waals surface area contributed by atoms with Crippen molar-refractivity contribution >= 4 is 11.0 Å². The van der Waals surface area contributed by atoms with E-state index in [2.05, 4.69) is 0 Å². The Balaban J connectivity index is 2.17. The van der Waals surface area contributed by atoms with Gasteiger partial charge in [0.2, 0.25) is 0 Å². The minimum absolute atomic E-state index is 0.547. The molecule has 2 aromatic carbocycles. The van der Waals surface area contributed by atoms with Gasteiger partial charge in [-0.3, -0.25) is 0 Å². The maximum atomic E-state index is 13.0. The lowest BCUT2D eigenvalue weighted by atomic mass is 10.2. The third-order valence-electron chi connectivity index (χ3n) is 4.01. The maximum absolute atomic E-state index is 13.0. The number of benzene rings is 2. The molecular weight excluding hydrogens is 289 g/mol. The summed E-state index contributed by atoms with van der Waals surface area (Å²) in [6.07, 6.45) is -4.33. The zero-order valence-electron chi connectivity index (χ0n) is 12.4. The second-order valence-corrected chi connectivity index (χ2v) is 5.38. The van der Waals surface area contributed by atoms with Crippen molar-refractivity contribution in [1.29, 1.82) is 0 Å². The number of imidazole rings is 1. The summed E-state index contributed by atoms with van der Waals surface area (Å²) in [5, 5.41) is 0. The third kappa shape index (κ3) is 2.47. The average molecular weight is 305 g/mol. The number of halogens is 3. The second kappa shape index (κ2) is 5.16. The minimum atomic E-state index is -4.33. The molecule has 0 spiro atoms. The van der Waals surface area contributed by atoms with Crippen molar-refractivity contribution in [2.75, 3.05) is 0 Å². The number of aromatic nitrogens is 2. The van der Waals surface area contributed by atoms with Gasteiger partial charge in [-0.05, 0) is 17.7 Å². The van der Waals surface area contributed by atoms with E-state index in [1.165, 1.54) is 12.1 Å². The van der Waals surface area contributed by atoms with E-state index in [-0.39, 0.29) is 0 Å². The highest BCUT2D eigenvalue weighted by Crippen LogP contribution is 2.31. The van der Waals surface area contributed by atoms with E-state index in [4.69, 9.17) is 0 Å². The Kier molecular flexibility index (Phi) is 3.43. The van der Waals surface area contributed by atoms with Crippen LogP contribution in [0.4, 0.5) is 13.2 Å². The lowest BCUT2D eigenvalue weighted by Gasteiger charge is -2.06. The Morgan fingerprint density at radius 2 is 1.73 bits per heavy atom. The van der Waals surface area contributed by atoms with Crippen LogP contribution in [0, 0.1) is 6.92 Å². The van der Waals surface area contributed by atoms with Gasteiger partial charge in [0, 0.05) is 13.0 Å². The van der Waals surface area contributed by atoms with Gasteiger partial charge in [-0.15, -0.1) is 0 Å². The molecule has 0 saturated carbocycles. The molecule has 0 unspecified atom stereocenters. The van der Waals surface area contributed by atoms with E-state index in [0.29, 0.717) is 12.1 Å². The Morgan fingerprint density at radius 1 is 1.05 bits per heavy atom. The molecular formula is C17H16F3N2+. The van der Waals surface area contributed by atoms with Crippen molar-refractivity contribution in [3.8, 4) is 0 Å². The van der Waals surface area contributed by atoms with Crippen molar-refractivity contribution in [2.45, 2.75) is 19.6 Å². The van der Waals surface area contributed by atoms with E-state index in [1.807, 2.05) is 53.4 Å². The van der Waals surface area contributed by atoms with Crippen LogP contribution in [0.5, 0.6) is 0 Å². The van der Waals surface area contributed by atoms with Crippen LogP contribution in [0.15, 0.2) is 48.5 Å².